The van der Waals surface area contributed by atoms with Crippen LogP contribution in [0.2, 0.25) is 0 Å². The zero-order chi connectivity index (χ0) is 22.0. The highest BCUT2D eigenvalue weighted by Crippen LogP contribution is 2.14. The Morgan fingerprint density at radius 1 is 1.10 bits per heavy atom. The Morgan fingerprint density at radius 3 is 2.50 bits per heavy atom. The predicted molar refractivity (Wildman–Crippen MR) is 111 cm³/mol. The lowest BCUT2D eigenvalue weighted by Crippen LogP contribution is -2.45. The molecule has 0 heterocycles. The number of benzene rings is 2. The van der Waals surface area contributed by atoms with Crippen LogP contribution in [0, 0.1) is 11.3 Å². The van der Waals surface area contributed by atoms with Crippen molar-refractivity contribution < 1.29 is 23.8 Å². The average Bonchev–Trinajstić information content (AvgIpc) is 2.71. The summed E-state index contributed by atoms with van der Waals surface area (Å²) in [6.07, 6.45) is -0.542. The number of carbonyl (C=O) groups is 2. The van der Waals surface area contributed by atoms with Gasteiger partial charge >= 0.3 is 12.1 Å². The Morgan fingerprint density at radius 2 is 1.83 bits per heavy atom. The van der Waals surface area contributed by atoms with Crippen molar-refractivity contribution in [2.45, 2.75) is 45.4 Å². The fourth-order valence-corrected chi connectivity index (χ4v) is 2.48. The van der Waals surface area contributed by atoms with Gasteiger partial charge in [-0.2, -0.15) is 5.26 Å². The maximum absolute atomic E-state index is 12.6. The summed E-state index contributed by atoms with van der Waals surface area (Å²) < 4.78 is 16.2. The molecule has 0 spiro atoms. The van der Waals surface area contributed by atoms with Gasteiger partial charge in [0.1, 0.15) is 24.0 Å². The summed E-state index contributed by atoms with van der Waals surface area (Å²) in [5.74, 6) is -0.0817. The molecule has 2 aromatic carbocycles. The number of nitrogens with one attached hydrogen (secondary N) is 1. The fraction of sp³-hybridized carbons (Fsp3) is 0.348. The van der Waals surface area contributed by atoms with Gasteiger partial charge in [-0.25, -0.2) is 9.59 Å². The topological polar surface area (TPSA) is 97.6 Å². The maximum Gasteiger partial charge on any atom is 0.408 e. The summed E-state index contributed by atoms with van der Waals surface area (Å²) in [6, 6.07) is 17.0. The van der Waals surface area contributed by atoms with E-state index in [0.717, 1.165) is 5.56 Å². The molecule has 30 heavy (non-hydrogen) atoms. The van der Waals surface area contributed by atoms with Crippen molar-refractivity contribution in [3.05, 3.63) is 65.7 Å². The van der Waals surface area contributed by atoms with Crippen LogP contribution in [0.4, 0.5) is 4.79 Å². The van der Waals surface area contributed by atoms with E-state index in [0.29, 0.717) is 11.3 Å². The Bertz CT molecular complexity index is 884. The van der Waals surface area contributed by atoms with Crippen LogP contribution in [-0.2, 0) is 20.9 Å². The molecule has 0 saturated heterocycles. The van der Waals surface area contributed by atoms with Crippen LogP contribution >= 0.6 is 0 Å². The Kier molecular flexibility index (Phi) is 8.24. The van der Waals surface area contributed by atoms with E-state index in [9.17, 15) is 9.59 Å². The molecule has 7 heteroatoms. The summed E-state index contributed by atoms with van der Waals surface area (Å²) in [6.45, 7) is 5.44. The smallest absolute Gasteiger partial charge is 0.408 e. The molecule has 0 aromatic heterocycles. The van der Waals surface area contributed by atoms with Gasteiger partial charge in [-0.3, -0.25) is 0 Å². The molecule has 0 aliphatic rings. The second kappa shape index (κ2) is 10.9. The van der Waals surface area contributed by atoms with Gasteiger partial charge in [0, 0.05) is 6.42 Å². The minimum absolute atomic E-state index is 0.0945. The molecule has 1 N–H and O–H groups in total. The van der Waals surface area contributed by atoms with Crippen LogP contribution in [0.15, 0.2) is 54.6 Å². The van der Waals surface area contributed by atoms with E-state index < -0.39 is 23.7 Å². The van der Waals surface area contributed by atoms with Gasteiger partial charge in [-0.05, 0) is 44.5 Å². The molecule has 1 atom stereocenters. The number of carbonyl (C=O) groups excluding carboxylic acids is 2. The van der Waals surface area contributed by atoms with Crippen LogP contribution in [0.25, 0.3) is 0 Å². The van der Waals surface area contributed by atoms with Gasteiger partial charge in [-0.1, -0.05) is 36.4 Å². The van der Waals surface area contributed by atoms with Crippen LogP contribution < -0.4 is 10.1 Å². The minimum atomic E-state index is -0.942. The highest BCUT2D eigenvalue weighted by atomic mass is 16.6. The molecule has 158 valence electrons. The van der Waals surface area contributed by atoms with Crippen LogP contribution in [0.3, 0.4) is 0 Å². The molecule has 0 saturated carbocycles. The third kappa shape index (κ3) is 8.23. The molecule has 0 fully saturated rings. The number of hydrogen-bond donors (Lipinski definition) is 1. The lowest BCUT2D eigenvalue weighted by Gasteiger charge is -2.23. The van der Waals surface area contributed by atoms with E-state index in [1.165, 1.54) is 0 Å². The normalized spacial score (nSPS) is 11.7. The van der Waals surface area contributed by atoms with E-state index in [-0.39, 0.29) is 19.6 Å². The second-order valence-corrected chi connectivity index (χ2v) is 7.57. The van der Waals surface area contributed by atoms with Crippen molar-refractivity contribution in [2.24, 2.45) is 0 Å². The molecule has 7 nitrogen and oxygen atoms in total. The summed E-state index contributed by atoms with van der Waals surface area (Å²) in [4.78, 5) is 24.7. The number of ether oxygens (including phenoxy) is 3. The summed E-state index contributed by atoms with van der Waals surface area (Å²) >= 11 is 0. The van der Waals surface area contributed by atoms with Crippen LogP contribution in [0.1, 0.15) is 38.3 Å². The molecule has 0 radical (unpaired) electrons. The summed E-state index contributed by atoms with van der Waals surface area (Å²) in [5.41, 5.74) is 0.612. The minimum Gasteiger partial charge on any atom is -0.493 e. The van der Waals surface area contributed by atoms with E-state index in [1.54, 1.807) is 45.0 Å². The van der Waals surface area contributed by atoms with Crippen molar-refractivity contribution in [1.29, 1.82) is 5.26 Å². The Hall–Kier alpha value is -3.53. The highest BCUT2D eigenvalue weighted by Gasteiger charge is 2.25. The van der Waals surface area contributed by atoms with Crippen molar-refractivity contribution >= 4 is 12.1 Å². The summed E-state index contributed by atoms with van der Waals surface area (Å²) in [5, 5.41) is 11.5. The van der Waals surface area contributed by atoms with Crippen molar-refractivity contribution in [2.75, 3.05) is 6.61 Å². The standard InChI is InChI=1S/C23H26N2O5/c1-23(2,3)30-22(27)25-20(21(26)29-16-17-8-5-4-6-9-17)12-13-28-19-11-7-10-18(14-19)15-24/h4-11,14,20H,12-13,16H2,1-3H3,(H,25,27)/t20-/m1/s1. The number of amides is 1. The van der Waals surface area contributed by atoms with E-state index in [1.807, 2.05) is 36.4 Å². The molecule has 2 rings (SSSR count). The molecule has 0 bridgehead atoms. The van der Waals surface area contributed by atoms with E-state index in [2.05, 4.69) is 5.32 Å². The van der Waals surface area contributed by atoms with Crippen molar-refractivity contribution in [1.82, 2.24) is 5.32 Å². The largest absolute Gasteiger partial charge is 0.493 e. The van der Waals surface area contributed by atoms with Crippen molar-refractivity contribution in [3.8, 4) is 11.8 Å². The fourth-order valence-electron chi connectivity index (χ4n) is 2.48. The molecule has 2 aromatic rings. The number of rotatable bonds is 8. The second-order valence-electron chi connectivity index (χ2n) is 7.57. The van der Waals surface area contributed by atoms with Crippen LogP contribution in [0.5, 0.6) is 5.75 Å². The Balaban J connectivity index is 1.97. The first-order valence-corrected chi connectivity index (χ1v) is 9.60. The van der Waals surface area contributed by atoms with E-state index >= 15 is 0 Å². The zero-order valence-corrected chi connectivity index (χ0v) is 17.4. The molecular formula is C23H26N2O5. The number of nitriles is 1. The number of nitrogens with zero attached hydrogens (tertiary/aromatic N) is 1. The average molecular weight is 410 g/mol. The highest BCUT2D eigenvalue weighted by molar-refractivity contribution is 5.81. The van der Waals surface area contributed by atoms with Crippen molar-refractivity contribution in [3.63, 3.8) is 0 Å². The molecular weight excluding hydrogens is 384 g/mol. The van der Waals surface area contributed by atoms with E-state index in [4.69, 9.17) is 19.5 Å². The Labute approximate surface area is 176 Å². The van der Waals surface area contributed by atoms with Gasteiger partial charge in [0.2, 0.25) is 0 Å². The first-order valence-electron chi connectivity index (χ1n) is 9.60. The SMILES string of the molecule is CC(C)(C)OC(=O)N[C@H](CCOc1cccc(C#N)c1)C(=O)OCc1ccccc1. The third-order valence-corrected chi connectivity index (χ3v) is 3.84. The zero-order valence-electron chi connectivity index (χ0n) is 17.4. The molecule has 0 aliphatic heterocycles. The number of alkyl carbamates (subject to hydrolysis) is 1. The summed E-state index contributed by atoms with van der Waals surface area (Å²) in [7, 11) is 0. The van der Waals surface area contributed by atoms with Gasteiger partial charge in [-0.15, -0.1) is 0 Å². The predicted octanol–water partition coefficient (Wildman–Crippen LogP) is 3.96. The monoisotopic (exact) mass is 410 g/mol. The molecule has 0 unspecified atom stereocenters. The number of hydrogen-bond acceptors (Lipinski definition) is 6. The van der Waals surface area contributed by atoms with Crippen LogP contribution in [-0.4, -0.2) is 30.3 Å². The lowest BCUT2D eigenvalue weighted by atomic mass is 10.2. The third-order valence-electron chi connectivity index (χ3n) is 3.84. The number of esters is 1. The van der Waals surface area contributed by atoms with Gasteiger partial charge < -0.3 is 19.5 Å². The van der Waals surface area contributed by atoms with Gasteiger partial charge in [0.15, 0.2) is 0 Å². The first-order chi connectivity index (χ1) is 14.3. The maximum atomic E-state index is 12.6. The van der Waals surface area contributed by atoms with Gasteiger partial charge in [0.25, 0.3) is 0 Å². The molecule has 1 amide bonds. The van der Waals surface area contributed by atoms with Gasteiger partial charge in [0.05, 0.1) is 18.2 Å². The molecule has 0 aliphatic carbocycles. The lowest BCUT2D eigenvalue weighted by molar-refractivity contribution is -0.147. The quantitative estimate of drug-likeness (QED) is 0.662. The first kappa shape index (κ1) is 22.8.